The lowest BCUT2D eigenvalue weighted by Crippen LogP contribution is -2.39. The first-order valence-corrected chi connectivity index (χ1v) is 5.58. The van der Waals surface area contributed by atoms with Crippen molar-refractivity contribution in [3.8, 4) is 0 Å². The average Bonchev–Trinajstić information content (AvgIpc) is 2.22. The van der Waals surface area contributed by atoms with Crippen LogP contribution in [0, 0.1) is 0 Å². The van der Waals surface area contributed by atoms with Crippen molar-refractivity contribution >= 4 is 11.9 Å². The Hall–Kier alpha value is -1.10. The lowest BCUT2D eigenvalue weighted by atomic mass is 10.2. The zero-order chi connectivity index (χ0) is 12.6. The van der Waals surface area contributed by atoms with Crippen molar-refractivity contribution in [1.29, 1.82) is 0 Å². The van der Waals surface area contributed by atoms with Gasteiger partial charge in [-0.05, 0) is 19.9 Å². The van der Waals surface area contributed by atoms with Crippen LogP contribution in [0.1, 0.15) is 33.6 Å². The lowest BCUT2D eigenvalue weighted by Gasteiger charge is -2.12. The van der Waals surface area contributed by atoms with Gasteiger partial charge in [0.25, 0.3) is 0 Å². The van der Waals surface area contributed by atoms with Gasteiger partial charge in [-0.15, -0.1) is 0 Å². The molecule has 0 aromatic heterocycles. The van der Waals surface area contributed by atoms with Gasteiger partial charge in [0.1, 0.15) is 6.04 Å². The summed E-state index contributed by atoms with van der Waals surface area (Å²) in [5, 5.41) is 5.79. The van der Waals surface area contributed by atoms with Crippen LogP contribution in [0.15, 0.2) is 0 Å². The normalized spacial score (nSPS) is 12.3. The zero-order valence-electron chi connectivity index (χ0n) is 10.5. The molecule has 1 atom stereocenters. The minimum atomic E-state index is -0.574. The fourth-order valence-electron chi connectivity index (χ4n) is 1.19. The maximum absolute atomic E-state index is 11.4. The van der Waals surface area contributed by atoms with Gasteiger partial charge in [-0.25, -0.2) is 4.79 Å². The highest BCUT2D eigenvalue weighted by molar-refractivity contribution is 5.83. The summed E-state index contributed by atoms with van der Waals surface area (Å²) >= 11 is 0. The molecule has 0 rings (SSSR count). The second kappa shape index (κ2) is 8.10. The van der Waals surface area contributed by atoms with Crippen molar-refractivity contribution in [3.05, 3.63) is 0 Å². The number of rotatable bonds is 7. The van der Waals surface area contributed by atoms with Gasteiger partial charge in [-0.2, -0.15) is 0 Å². The monoisotopic (exact) mass is 230 g/mol. The molecule has 1 unspecified atom stereocenters. The smallest absolute Gasteiger partial charge is 0.328 e. The molecular weight excluding hydrogens is 208 g/mol. The summed E-state index contributed by atoms with van der Waals surface area (Å²) in [6.07, 6.45) is 1.18. The summed E-state index contributed by atoms with van der Waals surface area (Å²) in [5.41, 5.74) is 0. The van der Waals surface area contributed by atoms with Crippen molar-refractivity contribution in [1.82, 2.24) is 10.6 Å². The largest absolute Gasteiger partial charge is 0.467 e. The van der Waals surface area contributed by atoms with Crippen LogP contribution in [0.3, 0.4) is 0 Å². The molecule has 0 spiro atoms. The van der Waals surface area contributed by atoms with E-state index in [0.717, 1.165) is 13.0 Å². The number of ether oxygens (including phenoxy) is 1. The number of methoxy groups -OCH3 is 1. The summed E-state index contributed by atoms with van der Waals surface area (Å²) < 4.78 is 4.50. The maximum Gasteiger partial charge on any atom is 0.328 e. The Kier molecular flexibility index (Phi) is 7.54. The number of nitrogens with one attached hydrogen (secondary N) is 2. The van der Waals surface area contributed by atoms with Gasteiger partial charge in [0.2, 0.25) is 5.91 Å². The molecule has 0 aliphatic rings. The Morgan fingerprint density at radius 1 is 1.25 bits per heavy atom. The van der Waals surface area contributed by atoms with Crippen LogP contribution in [-0.4, -0.2) is 37.6 Å². The molecule has 2 N–H and O–H groups in total. The molecule has 0 aliphatic heterocycles. The van der Waals surface area contributed by atoms with Gasteiger partial charge >= 0.3 is 5.97 Å². The molecule has 0 bridgehead atoms. The van der Waals surface area contributed by atoms with Gasteiger partial charge in [0.15, 0.2) is 0 Å². The third-order valence-electron chi connectivity index (χ3n) is 2.07. The summed E-state index contributed by atoms with van der Waals surface area (Å²) in [6, 6.07) is -0.146. The lowest BCUT2D eigenvalue weighted by molar-refractivity contribution is -0.144. The van der Waals surface area contributed by atoms with Crippen molar-refractivity contribution in [2.45, 2.75) is 45.7 Å². The summed E-state index contributed by atoms with van der Waals surface area (Å²) in [4.78, 5) is 22.4. The molecule has 0 saturated heterocycles. The van der Waals surface area contributed by atoms with Crippen LogP contribution >= 0.6 is 0 Å². The SMILES string of the molecule is COC(=O)C(C)NC(=O)CCCNC(C)C. The van der Waals surface area contributed by atoms with Gasteiger partial charge in [0, 0.05) is 12.5 Å². The highest BCUT2D eigenvalue weighted by Gasteiger charge is 2.14. The predicted molar refractivity (Wildman–Crippen MR) is 62.0 cm³/mol. The molecule has 16 heavy (non-hydrogen) atoms. The second-order valence-electron chi connectivity index (χ2n) is 4.02. The van der Waals surface area contributed by atoms with Crippen LogP contribution in [-0.2, 0) is 14.3 Å². The second-order valence-corrected chi connectivity index (χ2v) is 4.02. The van der Waals surface area contributed by atoms with Gasteiger partial charge in [-0.1, -0.05) is 13.8 Å². The molecule has 0 radical (unpaired) electrons. The maximum atomic E-state index is 11.4. The van der Waals surface area contributed by atoms with Crippen molar-refractivity contribution in [2.24, 2.45) is 0 Å². The Balaban J connectivity index is 3.62. The third kappa shape index (κ3) is 7.23. The molecule has 0 aliphatic carbocycles. The first-order chi connectivity index (χ1) is 7.47. The standard InChI is InChI=1S/C11H22N2O3/c1-8(2)12-7-5-6-10(14)13-9(3)11(15)16-4/h8-9,12H,5-7H2,1-4H3,(H,13,14). The van der Waals surface area contributed by atoms with E-state index in [1.807, 2.05) is 0 Å². The van der Waals surface area contributed by atoms with Crippen LogP contribution in [0.4, 0.5) is 0 Å². The van der Waals surface area contributed by atoms with Gasteiger partial charge in [-0.3, -0.25) is 4.79 Å². The molecule has 5 heteroatoms. The molecule has 5 nitrogen and oxygen atoms in total. The highest BCUT2D eigenvalue weighted by atomic mass is 16.5. The van der Waals surface area contributed by atoms with E-state index in [1.54, 1.807) is 6.92 Å². The minimum Gasteiger partial charge on any atom is -0.467 e. The van der Waals surface area contributed by atoms with Crippen LogP contribution in [0.5, 0.6) is 0 Å². The van der Waals surface area contributed by atoms with Gasteiger partial charge in [0.05, 0.1) is 7.11 Å². The summed E-state index contributed by atoms with van der Waals surface area (Å²) in [5.74, 6) is -0.544. The fourth-order valence-corrected chi connectivity index (χ4v) is 1.19. The van der Waals surface area contributed by atoms with Crippen molar-refractivity contribution in [2.75, 3.05) is 13.7 Å². The van der Waals surface area contributed by atoms with E-state index in [1.165, 1.54) is 7.11 Å². The van der Waals surface area contributed by atoms with E-state index in [0.29, 0.717) is 12.5 Å². The molecule has 0 fully saturated rings. The van der Waals surface area contributed by atoms with Crippen LogP contribution < -0.4 is 10.6 Å². The summed E-state index contributed by atoms with van der Waals surface area (Å²) in [6.45, 7) is 6.52. The highest BCUT2D eigenvalue weighted by Crippen LogP contribution is 1.92. The molecule has 0 heterocycles. The number of hydrogen-bond donors (Lipinski definition) is 2. The Bertz CT molecular complexity index is 229. The fraction of sp³-hybridized carbons (Fsp3) is 0.818. The summed E-state index contributed by atoms with van der Waals surface area (Å²) in [7, 11) is 1.30. The molecule has 1 amide bonds. The van der Waals surface area contributed by atoms with Gasteiger partial charge < -0.3 is 15.4 Å². The van der Waals surface area contributed by atoms with E-state index in [9.17, 15) is 9.59 Å². The Labute approximate surface area is 96.9 Å². The quantitative estimate of drug-likeness (QED) is 0.492. The molecular formula is C11H22N2O3. The number of hydrogen-bond acceptors (Lipinski definition) is 4. The third-order valence-corrected chi connectivity index (χ3v) is 2.07. The number of carbonyl (C=O) groups is 2. The van der Waals surface area contributed by atoms with E-state index >= 15 is 0 Å². The molecule has 0 aromatic rings. The first-order valence-electron chi connectivity index (χ1n) is 5.58. The van der Waals surface area contributed by atoms with Crippen LogP contribution in [0.2, 0.25) is 0 Å². The predicted octanol–water partition coefficient (Wildman–Crippen LogP) is 0.442. The van der Waals surface area contributed by atoms with Crippen molar-refractivity contribution < 1.29 is 14.3 Å². The van der Waals surface area contributed by atoms with Crippen molar-refractivity contribution in [3.63, 3.8) is 0 Å². The van der Waals surface area contributed by atoms with E-state index in [-0.39, 0.29) is 5.91 Å². The number of carbonyl (C=O) groups excluding carboxylic acids is 2. The zero-order valence-corrected chi connectivity index (χ0v) is 10.5. The first kappa shape index (κ1) is 14.9. The topological polar surface area (TPSA) is 67.4 Å². The van der Waals surface area contributed by atoms with Crippen LogP contribution in [0.25, 0.3) is 0 Å². The average molecular weight is 230 g/mol. The molecule has 0 aromatic carbocycles. The van der Waals surface area contributed by atoms with E-state index in [2.05, 4.69) is 29.2 Å². The number of amides is 1. The molecule has 94 valence electrons. The minimum absolute atomic E-state index is 0.122. The van der Waals surface area contributed by atoms with E-state index < -0.39 is 12.0 Å². The van der Waals surface area contributed by atoms with E-state index in [4.69, 9.17) is 0 Å². The number of esters is 1. The Morgan fingerprint density at radius 3 is 2.38 bits per heavy atom. The Morgan fingerprint density at radius 2 is 1.88 bits per heavy atom. The molecule has 0 saturated carbocycles.